The van der Waals surface area contributed by atoms with E-state index in [1.807, 2.05) is 4.90 Å². The van der Waals surface area contributed by atoms with Crippen LogP contribution in [0, 0.1) is 0 Å². The zero-order valence-electron chi connectivity index (χ0n) is 10.8. The number of piperazine rings is 1. The number of halogens is 4. The number of nitrogens with zero attached hydrogens (tertiary/aromatic N) is 1. The Kier molecular flexibility index (Phi) is 5.77. The number of benzene rings is 1. The molecule has 1 aromatic rings. The average molecular weight is 414 g/mol. The van der Waals surface area contributed by atoms with Crippen molar-refractivity contribution in [1.82, 2.24) is 10.2 Å². The molecule has 0 amide bonds. The molecule has 0 aromatic heterocycles. The SMILES string of the molecule is Oc1c(Br)cc(Br)cc1[C@H](CC(F)F)N1CCNCC1. The zero-order chi connectivity index (χ0) is 14.7. The summed E-state index contributed by atoms with van der Waals surface area (Å²) >= 11 is 6.60. The Labute approximate surface area is 133 Å². The number of hydrogen-bond donors (Lipinski definition) is 2. The maximum absolute atomic E-state index is 12.9. The van der Waals surface area contributed by atoms with Crippen LogP contribution in [-0.4, -0.2) is 42.6 Å². The fourth-order valence-corrected chi connectivity index (χ4v) is 3.73. The Morgan fingerprint density at radius 2 is 1.90 bits per heavy atom. The first-order chi connectivity index (χ1) is 9.49. The number of nitrogens with one attached hydrogen (secondary N) is 1. The summed E-state index contributed by atoms with van der Waals surface area (Å²) in [5, 5.41) is 13.4. The van der Waals surface area contributed by atoms with E-state index >= 15 is 0 Å². The standard InChI is InChI=1S/C13H16Br2F2N2O/c14-8-5-9(13(20)10(15)6-8)11(7-12(16)17)19-3-1-18-2-4-19/h5-6,11-12,18,20H,1-4,7H2/t11-/m0/s1. The van der Waals surface area contributed by atoms with Crippen molar-refractivity contribution in [2.24, 2.45) is 0 Å². The molecule has 1 aliphatic rings. The van der Waals surface area contributed by atoms with Gasteiger partial charge < -0.3 is 10.4 Å². The molecule has 1 heterocycles. The zero-order valence-corrected chi connectivity index (χ0v) is 13.9. The summed E-state index contributed by atoms with van der Waals surface area (Å²) < 4.78 is 27.1. The van der Waals surface area contributed by atoms with Crippen LogP contribution in [0.5, 0.6) is 5.75 Å². The van der Waals surface area contributed by atoms with Crippen molar-refractivity contribution in [1.29, 1.82) is 0 Å². The van der Waals surface area contributed by atoms with Gasteiger partial charge in [-0.2, -0.15) is 0 Å². The number of aromatic hydroxyl groups is 1. The van der Waals surface area contributed by atoms with Gasteiger partial charge in [0, 0.05) is 48.7 Å². The highest BCUT2D eigenvalue weighted by molar-refractivity contribution is 9.11. The summed E-state index contributed by atoms with van der Waals surface area (Å²) in [7, 11) is 0. The molecule has 2 rings (SSSR count). The molecular formula is C13H16Br2F2N2O. The highest BCUT2D eigenvalue weighted by atomic mass is 79.9. The Morgan fingerprint density at radius 3 is 2.50 bits per heavy atom. The van der Waals surface area contributed by atoms with Crippen molar-refractivity contribution in [3.05, 3.63) is 26.6 Å². The van der Waals surface area contributed by atoms with E-state index in [1.54, 1.807) is 12.1 Å². The first-order valence-corrected chi connectivity index (χ1v) is 7.98. The highest BCUT2D eigenvalue weighted by Gasteiger charge is 2.28. The number of rotatable bonds is 4. The predicted octanol–water partition coefficient (Wildman–Crippen LogP) is 3.52. The van der Waals surface area contributed by atoms with E-state index in [0.29, 0.717) is 23.1 Å². The second-order valence-corrected chi connectivity index (χ2v) is 6.52. The van der Waals surface area contributed by atoms with Gasteiger partial charge in [0.15, 0.2) is 0 Å². The molecule has 0 saturated carbocycles. The van der Waals surface area contributed by atoms with E-state index in [1.165, 1.54) is 0 Å². The van der Waals surface area contributed by atoms with Crippen LogP contribution in [-0.2, 0) is 0 Å². The van der Waals surface area contributed by atoms with Crippen molar-refractivity contribution < 1.29 is 13.9 Å². The van der Waals surface area contributed by atoms with Gasteiger partial charge in [0.05, 0.1) is 4.47 Å². The molecule has 0 radical (unpaired) electrons. The van der Waals surface area contributed by atoms with E-state index in [2.05, 4.69) is 37.2 Å². The van der Waals surface area contributed by atoms with Gasteiger partial charge in [-0.25, -0.2) is 8.78 Å². The molecule has 0 aliphatic carbocycles. The van der Waals surface area contributed by atoms with Gasteiger partial charge in [-0.3, -0.25) is 4.90 Å². The topological polar surface area (TPSA) is 35.5 Å². The molecule has 0 bridgehead atoms. The van der Waals surface area contributed by atoms with Gasteiger partial charge in [0.1, 0.15) is 5.75 Å². The molecule has 0 unspecified atom stereocenters. The summed E-state index contributed by atoms with van der Waals surface area (Å²) in [4.78, 5) is 2.00. The van der Waals surface area contributed by atoms with Crippen molar-refractivity contribution >= 4 is 31.9 Å². The van der Waals surface area contributed by atoms with Crippen LogP contribution >= 0.6 is 31.9 Å². The molecule has 1 aromatic carbocycles. The third kappa shape index (κ3) is 3.90. The molecule has 3 nitrogen and oxygen atoms in total. The van der Waals surface area contributed by atoms with E-state index in [-0.39, 0.29) is 12.2 Å². The van der Waals surface area contributed by atoms with Gasteiger partial charge in [-0.15, -0.1) is 0 Å². The highest BCUT2D eigenvalue weighted by Crippen LogP contribution is 2.39. The fraction of sp³-hybridized carbons (Fsp3) is 0.538. The van der Waals surface area contributed by atoms with Crippen molar-refractivity contribution in [3.63, 3.8) is 0 Å². The first-order valence-electron chi connectivity index (χ1n) is 6.40. The summed E-state index contributed by atoms with van der Waals surface area (Å²) in [5.74, 6) is 0.0392. The minimum atomic E-state index is -2.41. The molecule has 20 heavy (non-hydrogen) atoms. The van der Waals surface area contributed by atoms with Crippen LogP contribution < -0.4 is 5.32 Å². The summed E-state index contributed by atoms with van der Waals surface area (Å²) in [6, 6.07) is 2.94. The van der Waals surface area contributed by atoms with Crippen LogP contribution in [0.2, 0.25) is 0 Å². The number of hydrogen-bond acceptors (Lipinski definition) is 3. The molecule has 1 saturated heterocycles. The normalized spacial score (nSPS) is 18.4. The van der Waals surface area contributed by atoms with Crippen LogP contribution in [0.4, 0.5) is 8.78 Å². The summed E-state index contributed by atoms with van der Waals surface area (Å²) in [5.41, 5.74) is 0.536. The van der Waals surface area contributed by atoms with Crippen molar-refractivity contribution in [2.45, 2.75) is 18.9 Å². The van der Waals surface area contributed by atoms with E-state index in [9.17, 15) is 13.9 Å². The smallest absolute Gasteiger partial charge is 0.240 e. The molecule has 1 atom stereocenters. The maximum atomic E-state index is 12.9. The lowest BCUT2D eigenvalue weighted by Crippen LogP contribution is -2.45. The monoisotopic (exact) mass is 412 g/mol. The lowest BCUT2D eigenvalue weighted by Gasteiger charge is -2.35. The predicted molar refractivity (Wildman–Crippen MR) is 81.3 cm³/mol. The third-order valence-electron chi connectivity index (χ3n) is 3.41. The van der Waals surface area contributed by atoms with E-state index in [4.69, 9.17) is 0 Å². The fourth-order valence-electron chi connectivity index (χ4n) is 2.48. The van der Waals surface area contributed by atoms with Crippen LogP contribution in [0.1, 0.15) is 18.0 Å². The molecule has 1 aliphatic heterocycles. The third-order valence-corrected chi connectivity index (χ3v) is 4.47. The number of phenols is 1. The van der Waals surface area contributed by atoms with E-state index < -0.39 is 12.5 Å². The minimum absolute atomic E-state index is 0.0392. The van der Waals surface area contributed by atoms with Gasteiger partial charge >= 0.3 is 0 Å². The first kappa shape index (κ1) is 16.1. The molecule has 1 fully saturated rings. The largest absolute Gasteiger partial charge is 0.506 e. The molecule has 2 N–H and O–H groups in total. The lowest BCUT2D eigenvalue weighted by atomic mass is 10.0. The lowest BCUT2D eigenvalue weighted by molar-refractivity contribution is 0.0729. The van der Waals surface area contributed by atoms with Crippen LogP contribution in [0.3, 0.4) is 0 Å². The van der Waals surface area contributed by atoms with Gasteiger partial charge in [0.2, 0.25) is 6.43 Å². The quantitative estimate of drug-likeness (QED) is 0.792. The van der Waals surface area contributed by atoms with E-state index in [0.717, 1.165) is 17.6 Å². The second kappa shape index (κ2) is 7.15. The minimum Gasteiger partial charge on any atom is -0.506 e. The van der Waals surface area contributed by atoms with Gasteiger partial charge in [0.25, 0.3) is 0 Å². The Morgan fingerprint density at radius 1 is 1.25 bits per heavy atom. The van der Waals surface area contributed by atoms with Crippen LogP contribution in [0.25, 0.3) is 0 Å². The van der Waals surface area contributed by atoms with Gasteiger partial charge in [-0.1, -0.05) is 15.9 Å². The molecule has 112 valence electrons. The van der Waals surface area contributed by atoms with Crippen molar-refractivity contribution in [3.8, 4) is 5.75 Å². The van der Waals surface area contributed by atoms with Gasteiger partial charge in [-0.05, 0) is 28.1 Å². The summed E-state index contributed by atoms with van der Waals surface area (Å²) in [6.45, 7) is 2.94. The Hall–Kier alpha value is -0.240. The molecule has 7 heteroatoms. The Bertz CT molecular complexity index is 468. The Balaban J connectivity index is 2.34. The maximum Gasteiger partial charge on any atom is 0.240 e. The summed E-state index contributed by atoms with van der Waals surface area (Å²) in [6.07, 6.45) is -2.69. The number of phenolic OH excluding ortho intramolecular Hbond substituents is 1. The average Bonchev–Trinajstić information content (AvgIpc) is 2.41. The molecule has 0 spiro atoms. The second-order valence-electron chi connectivity index (χ2n) is 4.75. The molecular weight excluding hydrogens is 398 g/mol. The van der Waals surface area contributed by atoms with Crippen molar-refractivity contribution in [2.75, 3.05) is 26.2 Å². The van der Waals surface area contributed by atoms with Crippen LogP contribution in [0.15, 0.2) is 21.1 Å². The number of alkyl halides is 2.